The highest BCUT2D eigenvalue weighted by atomic mass is 79.9. The first-order chi connectivity index (χ1) is 14.9. The van der Waals surface area contributed by atoms with Crippen LogP contribution in [0.2, 0.25) is 0 Å². The van der Waals surface area contributed by atoms with E-state index in [1.165, 1.54) is 28.0 Å². The van der Waals surface area contributed by atoms with Crippen LogP contribution in [0.25, 0.3) is 6.08 Å². The SMILES string of the molecule is CCOC(=O)C1=C(C)N=c2s/c(=C\c3cccc(F)c3)c(=O)n2C1c1ccc(Br)cc1. The van der Waals surface area contributed by atoms with Gasteiger partial charge in [-0.25, -0.2) is 14.2 Å². The van der Waals surface area contributed by atoms with Gasteiger partial charge in [0.25, 0.3) is 5.56 Å². The second-order valence-electron chi connectivity index (χ2n) is 6.91. The fourth-order valence-corrected chi connectivity index (χ4v) is 4.81. The lowest BCUT2D eigenvalue weighted by Crippen LogP contribution is -2.39. The predicted octanol–water partition coefficient (Wildman–Crippen LogP) is 3.70. The van der Waals surface area contributed by atoms with Crippen molar-refractivity contribution in [2.24, 2.45) is 4.99 Å². The standard InChI is InChI=1S/C23H18BrFN2O3S/c1-3-30-22(29)19-13(2)26-23-27(20(19)15-7-9-16(24)10-8-15)21(28)18(31-23)12-14-5-4-6-17(25)11-14/h4-12,20H,3H2,1-2H3/b18-12-. The number of aromatic nitrogens is 1. The highest BCUT2D eigenvalue weighted by Gasteiger charge is 2.33. The molecule has 1 atom stereocenters. The first-order valence-corrected chi connectivity index (χ1v) is 11.2. The van der Waals surface area contributed by atoms with Gasteiger partial charge in [0.2, 0.25) is 0 Å². The average Bonchev–Trinajstić information content (AvgIpc) is 3.02. The van der Waals surface area contributed by atoms with Crippen molar-refractivity contribution in [3.63, 3.8) is 0 Å². The number of thiazole rings is 1. The first-order valence-electron chi connectivity index (χ1n) is 9.59. The highest BCUT2D eigenvalue weighted by Crippen LogP contribution is 2.31. The van der Waals surface area contributed by atoms with Crippen LogP contribution in [0.1, 0.15) is 31.0 Å². The number of ether oxygens (including phenoxy) is 1. The van der Waals surface area contributed by atoms with E-state index in [1.54, 1.807) is 32.1 Å². The van der Waals surface area contributed by atoms with Gasteiger partial charge in [-0.1, -0.05) is 51.5 Å². The van der Waals surface area contributed by atoms with Gasteiger partial charge in [-0.15, -0.1) is 0 Å². The number of carbonyl (C=O) groups excluding carboxylic acids is 1. The molecular formula is C23H18BrFN2O3S. The predicted molar refractivity (Wildman–Crippen MR) is 121 cm³/mol. The molecule has 5 nitrogen and oxygen atoms in total. The molecule has 2 heterocycles. The quantitative estimate of drug-likeness (QED) is 0.513. The zero-order chi connectivity index (χ0) is 22.1. The maximum atomic E-state index is 13.6. The molecular weight excluding hydrogens is 483 g/mol. The Bertz CT molecular complexity index is 1370. The molecule has 8 heteroatoms. The number of hydrogen-bond donors (Lipinski definition) is 0. The number of esters is 1. The van der Waals surface area contributed by atoms with Gasteiger partial charge in [0.15, 0.2) is 4.80 Å². The van der Waals surface area contributed by atoms with Crippen LogP contribution >= 0.6 is 27.3 Å². The molecule has 1 unspecified atom stereocenters. The molecule has 1 aromatic heterocycles. The fraction of sp³-hybridized carbons (Fsp3) is 0.174. The van der Waals surface area contributed by atoms with Gasteiger partial charge in [-0.3, -0.25) is 9.36 Å². The van der Waals surface area contributed by atoms with Crippen molar-refractivity contribution in [1.29, 1.82) is 0 Å². The van der Waals surface area contributed by atoms with Crippen LogP contribution in [0.3, 0.4) is 0 Å². The second-order valence-corrected chi connectivity index (χ2v) is 8.83. The third-order valence-corrected chi connectivity index (χ3v) is 6.36. The van der Waals surface area contributed by atoms with Crippen molar-refractivity contribution in [2.75, 3.05) is 6.61 Å². The minimum Gasteiger partial charge on any atom is -0.463 e. The maximum Gasteiger partial charge on any atom is 0.338 e. The first kappa shape index (κ1) is 21.4. The summed E-state index contributed by atoms with van der Waals surface area (Å²) < 4.78 is 21.7. The van der Waals surface area contributed by atoms with E-state index in [9.17, 15) is 14.0 Å². The summed E-state index contributed by atoms with van der Waals surface area (Å²) in [6, 6.07) is 12.8. The smallest absolute Gasteiger partial charge is 0.338 e. The van der Waals surface area contributed by atoms with Gasteiger partial charge in [-0.2, -0.15) is 0 Å². The summed E-state index contributed by atoms with van der Waals surface area (Å²) in [5.74, 6) is -0.884. The van der Waals surface area contributed by atoms with Crippen molar-refractivity contribution in [2.45, 2.75) is 19.9 Å². The molecule has 0 bridgehead atoms. The van der Waals surface area contributed by atoms with Crippen LogP contribution in [0.5, 0.6) is 0 Å². The van der Waals surface area contributed by atoms with Crippen LogP contribution in [0.4, 0.5) is 4.39 Å². The normalized spacial score (nSPS) is 16.1. The molecule has 0 saturated heterocycles. The Hall–Kier alpha value is -2.84. The third-order valence-electron chi connectivity index (χ3n) is 4.85. The lowest BCUT2D eigenvalue weighted by atomic mass is 9.96. The lowest BCUT2D eigenvalue weighted by molar-refractivity contribution is -0.139. The van der Waals surface area contributed by atoms with E-state index in [4.69, 9.17) is 4.74 Å². The van der Waals surface area contributed by atoms with E-state index < -0.39 is 12.0 Å². The number of benzene rings is 2. The highest BCUT2D eigenvalue weighted by molar-refractivity contribution is 9.10. The molecule has 2 aromatic carbocycles. The van der Waals surface area contributed by atoms with Crippen molar-refractivity contribution in [1.82, 2.24) is 4.57 Å². The Morgan fingerprint density at radius 3 is 2.71 bits per heavy atom. The number of allylic oxidation sites excluding steroid dienone is 1. The molecule has 0 spiro atoms. The zero-order valence-corrected chi connectivity index (χ0v) is 19.2. The number of carbonyl (C=O) groups is 1. The molecule has 1 aliphatic heterocycles. The van der Waals surface area contributed by atoms with Gasteiger partial charge in [0, 0.05) is 4.47 Å². The summed E-state index contributed by atoms with van der Waals surface area (Å²) >= 11 is 4.62. The van der Waals surface area contributed by atoms with Crippen LogP contribution < -0.4 is 14.9 Å². The lowest BCUT2D eigenvalue weighted by Gasteiger charge is -2.24. The van der Waals surface area contributed by atoms with E-state index in [2.05, 4.69) is 20.9 Å². The van der Waals surface area contributed by atoms with E-state index in [0.717, 1.165) is 10.0 Å². The Labute approximate surface area is 190 Å². The second kappa shape index (κ2) is 8.72. The van der Waals surface area contributed by atoms with E-state index in [0.29, 0.717) is 26.2 Å². The number of hydrogen-bond acceptors (Lipinski definition) is 5. The molecule has 0 amide bonds. The molecule has 4 rings (SSSR count). The molecule has 1 aliphatic rings. The Kier molecular flexibility index (Phi) is 6.02. The van der Waals surface area contributed by atoms with Crippen molar-refractivity contribution in [3.05, 3.63) is 101 Å². The molecule has 0 radical (unpaired) electrons. The molecule has 31 heavy (non-hydrogen) atoms. The third kappa shape index (κ3) is 4.18. The monoisotopic (exact) mass is 500 g/mol. The summed E-state index contributed by atoms with van der Waals surface area (Å²) in [6.45, 7) is 3.69. The molecule has 3 aromatic rings. The van der Waals surface area contributed by atoms with Gasteiger partial charge in [-0.05, 0) is 55.3 Å². The van der Waals surface area contributed by atoms with Gasteiger partial charge in [0.05, 0.1) is 28.5 Å². The Balaban J connectivity index is 1.96. The molecule has 0 N–H and O–H groups in total. The Morgan fingerprint density at radius 2 is 2.03 bits per heavy atom. The maximum absolute atomic E-state index is 13.6. The minimum atomic E-state index is -0.668. The Morgan fingerprint density at radius 1 is 1.29 bits per heavy atom. The minimum absolute atomic E-state index is 0.215. The summed E-state index contributed by atoms with van der Waals surface area (Å²) in [7, 11) is 0. The number of fused-ring (bicyclic) bond motifs is 1. The molecule has 0 aliphatic carbocycles. The van der Waals surface area contributed by atoms with Crippen LogP contribution in [0.15, 0.2) is 74.1 Å². The van der Waals surface area contributed by atoms with Crippen molar-refractivity contribution in [3.8, 4) is 0 Å². The molecule has 0 saturated carbocycles. The largest absolute Gasteiger partial charge is 0.463 e. The van der Waals surface area contributed by atoms with E-state index in [-0.39, 0.29) is 18.0 Å². The summed E-state index contributed by atoms with van der Waals surface area (Å²) in [4.78, 5) is 31.2. The van der Waals surface area contributed by atoms with E-state index in [1.807, 2.05) is 24.3 Å². The fourth-order valence-electron chi connectivity index (χ4n) is 3.50. The number of halogens is 2. The summed E-state index contributed by atoms with van der Waals surface area (Å²) in [5, 5.41) is 0. The summed E-state index contributed by atoms with van der Waals surface area (Å²) in [6.07, 6.45) is 1.63. The van der Waals surface area contributed by atoms with Crippen LogP contribution in [0, 0.1) is 5.82 Å². The van der Waals surface area contributed by atoms with Crippen LogP contribution in [-0.2, 0) is 9.53 Å². The van der Waals surface area contributed by atoms with Gasteiger partial charge < -0.3 is 4.74 Å². The van der Waals surface area contributed by atoms with Gasteiger partial charge >= 0.3 is 5.97 Å². The molecule has 0 fully saturated rings. The van der Waals surface area contributed by atoms with E-state index >= 15 is 0 Å². The van der Waals surface area contributed by atoms with Gasteiger partial charge in [0.1, 0.15) is 5.82 Å². The number of rotatable bonds is 4. The topological polar surface area (TPSA) is 60.7 Å². The zero-order valence-electron chi connectivity index (χ0n) is 16.8. The number of nitrogens with zero attached hydrogens (tertiary/aromatic N) is 2. The van der Waals surface area contributed by atoms with Crippen molar-refractivity contribution >= 4 is 39.3 Å². The van der Waals surface area contributed by atoms with Crippen LogP contribution in [-0.4, -0.2) is 17.1 Å². The average molecular weight is 501 g/mol. The van der Waals surface area contributed by atoms with Crippen molar-refractivity contribution < 1.29 is 13.9 Å². The molecule has 158 valence electrons. The summed E-state index contributed by atoms with van der Waals surface area (Å²) in [5.41, 5.74) is 1.87.